The maximum absolute atomic E-state index is 12.9. The summed E-state index contributed by atoms with van der Waals surface area (Å²) in [6, 6.07) is 27.4. The third kappa shape index (κ3) is 7.61. The Hall–Kier alpha value is -4.44. The predicted molar refractivity (Wildman–Crippen MR) is 128 cm³/mol. The number of rotatable bonds is 10. The number of hydrogen-bond donors (Lipinski definition) is 1. The van der Waals surface area contributed by atoms with E-state index in [1.807, 2.05) is 60.7 Å². The molecule has 172 valence electrons. The standard InChI is InChI=1S/C27H25N3O4/c28-17-15-25(31)29-24-13-11-23(12-14-24)27(33)34-20-26(32)30(19-22-9-5-2-6-10-22)18-16-21-7-3-1-4-8-21/h1-14H,15-16,18-20H2,(H,29,31). The van der Waals surface area contributed by atoms with Crippen LogP contribution in [0.1, 0.15) is 27.9 Å². The molecule has 3 aromatic rings. The van der Waals surface area contributed by atoms with Crippen LogP contribution in [0.15, 0.2) is 84.9 Å². The van der Waals surface area contributed by atoms with Gasteiger partial charge in [-0.25, -0.2) is 4.79 Å². The van der Waals surface area contributed by atoms with E-state index in [2.05, 4.69) is 5.32 Å². The van der Waals surface area contributed by atoms with Crippen molar-refractivity contribution in [3.63, 3.8) is 0 Å². The highest BCUT2D eigenvalue weighted by atomic mass is 16.5. The van der Waals surface area contributed by atoms with Gasteiger partial charge in [0.05, 0.1) is 11.6 Å². The molecule has 3 aromatic carbocycles. The number of carbonyl (C=O) groups is 3. The lowest BCUT2D eigenvalue weighted by atomic mass is 10.1. The molecule has 7 heteroatoms. The summed E-state index contributed by atoms with van der Waals surface area (Å²) < 4.78 is 5.26. The van der Waals surface area contributed by atoms with E-state index >= 15 is 0 Å². The number of amides is 2. The van der Waals surface area contributed by atoms with Crippen molar-refractivity contribution < 1.29 is 19.1 Å². The third-order valence-electron chi connectivity index (χ3n) is 5.05. The van der Waals surface area contributed by atoms with Crippen molar-refractivity contribution in [2.75, 3.05) is 18.5 Å². The minimum Gasteiger partial charge on any atom is -0.452 e. The van der Waals surface area contributed by atoms with Gasteiger partial charge in [0.2, 0.25) is 5.91 Å². The van der Waals surface area contributed by atoms with E-state index in [0.717, 1.165) is 11.1 Å². The van der Waals surface area contributed by atoms with Crippen molar-refractivity contribution in [1.82, 2.24) is 4.90 Å². The minimum atomic E-state index is -0.633. The van der Waals surface area contributed by atoms with Gasteiger partial charge in [0.15, 0.2) is 6.61 Å². The molecule has 0 spiro atoms. The Morgan fingerprint density at radius 3 is 2.09 bits per heavy atom. The highest BCUT2D eigenvalue weighted by molar-refractivity contribution is 5.94. The Balaban J connectivity index is 1.58. The zero-order valence-corrected chi connectivity index (χ0v) is 18.6. The lowest BCUT2D eigenvalue weighted by molar-refractivity contribution is -0.135. The molecule has 0 radical (unpaired) electrons. The molecule has 0 bridgehead atoms. The van der Waals surface area contributed by atoms with E-state index in [9.17, 15) is 14.4 Å². The molecule has 0 saturated heterocycles. The van der Waals surface area contributed by atoms with Gasteiger partial charge in [-0.1, -0.05) is 60.7 Å². The molecule has 0 aliphatic heterocycles. The molecule has 0 fully saturated rings. The van der Waals surface area contributed by atoms with E-state index in [1.54, 1.807) is 11.0 Å². The van der Waals surface area contributed by atoms with E-state index in [-0.39, 0.29) is 24.5 Å². The summed E-state index contributed by atoms with van der Waals surface area (Å²) in [5.41, 5.74) is 2.82. The van der Waals surface area contributed by atoms with Crippen LogP contribution in [0.3, 0.4) is 0 Å². The van der Waals surface area contributed by atoms with E-state index < -0.39 is 11.9 Å². The number of anilines is 1. The fourth-order valence-corrected chi connectivity index (χ4v) is 3.27. The molecule has 0 atom stereocenters. The van der Waals surface area contributed by atoms with Gasteiger partial charge in [0.25, 0.3) is 5.91 Å². The molecule has 2 amide bonds. The highest BCUT2D eigenvalue weighted by Crippen LogP contribution is 2.12. The van der Waals surface area contributed by atoms with Crippen LogP contribution in [-0.2, 0) is 27.3 Å². The maximum Gasteiger partial charge on any atom is 0.338 e. The number of nitrogens with zero attached hydrogens (tertiary/aromatic N) is 2. The molecule has 1 N–H and O–H groups in total. The van der Waals surface area contributed by atoms with Gasteiger partial charge in [-0.3, -0.25) is 9.59 Å². The maximum atomic E-state index is 12.9. The smallest absolute Gasteiger partial charge is 0.338 e. The van der Waals surface area contributed by atoms with Crippen molar-refractivity contribution in [3.8, 4) is 6.07 Å². The Labute approximate surface area is 198 Å². The van der Waals surface area contributed by atoms with Crippen molar-refractivity contribution in [1.29, 1.82) is 5.26 Å². The topological polar surface area (TPSA) is 99.5 Å². The van der Waals surface area contributed by atoms with Gasteiger partial charge in [0, 0.05) is 18.8 Å². The second kappa shape index (κ2) is 12.6. The van der Waals surface area contributed by atoms with Gasteiger partial charge in [-0.05, 0) is 41.8 Å². The van der Waals surface area contributed by atoms with Crippen molar-refractivity contribution in [3.05, 3.63) is 102 Å². The number of ether oxygens (including phenoxy) is 1. The molecule has 0 unspecified atom stereocenters. The first-order chi connectivity index (χ1) is 16.5. The van der Waals surface area contributed by atoms with Crippen LogP contribution in [0.5, 0.6) is 0 Å². The second-order valence-electron chi connectivity index (χ2n) is 7.57. The van der Waals surface area contributed by atoms with Gasteiger partial charge < -0.3 is 15.0 Å². The number of benzene rings is 3. The number of hydrogen-bond acceptors (Lipinski definition) is 5. The summed E-state index contributed by atoms with van der Waals surface area (Å²) >= 11 is 0. The van der Waals surface area contributed by atoms with E-state index in [0.29, 0.717) is 25.2 Å². The zero-order valence-electron chi connectivity index (χ0n) is 18.6. The van der Waals surface area contributed by atoms with Gasteiger partial charge >= 0.3 is 5.97 Å². The SMILES string of the molecule is N#CCC(=O)Nc1ccc(C(=O)OCC(=O)N(CCc2ccccc2)Cc2ccccc2)cc1. The van der Waals surface area contributed by atoms with Crippen LogP contribution >= 0.6 is 0 Å². The lowest BCUT2D eigenvalue weighted by Gasteiger charge is -2.23. The van der Waals surface area contributed by atoms with Crippen molar-refractivity contribution in [2.24, 2.45) is 0 Å². The molecule has 34 heavy (non-hydrogen) atoms. The second-order valence-corrected chi connectivity index (χ2v) is 7.57. The molecule has 0 aliphatic carbocycles. The van der Waals surface area contributed by atoms with Crippen LogP contribution in [0.25, 0.3) is 0 Å². The number of nitrogens with one attached hydrogen (secondary N) is 1. The van der Waals surface area contributed by atoms with Crippen molar-refractivity contribution in [2.45, 2.75) is 19.4 Å². The number of esters is 1. The molecule has 0 saturated carbocycles. The number of nitriles is 1. The molecular weight excluding hydrogens is 430 g/mol. The molecule has 0 heterocycles. The predicted octanol–water partition coefficient (Wildman–Crippen LogP) is 3.97. The molecular formula is C27H25N3O4. The summed E-state index contributed by atoms with van der Waals surface area (Å²) in [4.78, 5) is 38.5. The third-order valence-corrected chi connectivity index (χ3v) is 5.05. The quantitative estimate of drug-likeness (QED) is 0.467. The van der Waals surface area contributed by atoms with Gasteiger partial charge in [-0.15, -0.1) is 0 Å². The number of carbonyl (C=O) groups excluding carboxylic acids is 3. The summed E-state index contributed by atoms with van der Waals surface area (Å²) in [5.74, 6) is -1.35. The first-order valence-corrected chi connectivity index (χ1v) is 10.8. The summed E-state index contributed by atoms with van der Waals surface area (Å²) in [6.45, 7) is 0.536. The van der Waals surface area contributed by atoms with Gasteiger partial charge in [-0.2, -0.15) is 5.26 Å². The van der Waals surface area contributed by atoms with Crippen LogP contribution in [0, 0.1) is 11.3 Å². The largest absolute Gasteiger partial charge is 0.452 e. The monoisotopic (exact) mass is 455 g/mol. The molecule has 7 nitrogen and oxygen atoms in total. The van der Waals surface area contributed by atoms with Crippen molar-refractivity contribution >= 4 is 23.5 Å². The highest BCUT2D eigenvalue weighted by Gasteiger charge is 2.17. The van der Waals surface area contributed by atoms with Crippen LogP contribution in [-0.4, -0.2) is 35.8 Å². The normalized spacial score (nSPS) is 10.1. The Kier molecular flexibility index (Phi) is 8.94. The molecule has 0 aliphatic rings. The average Bonchev–Trinajstić information content (AvgIpc) is 2.86. The first-order valence-electron chi connectivity index (χ1n) is 10.8. The lowest BCUT2D eigenvalue weighted by Crippen LogP contribution is -2.35. The van der Waals surface area contributed by atoms with Crippen LogP contribution < -0.4 is 5.32 Å². The summed E-state index contributed by atoms with van der Waals surface area (Å²) in [7, 11) is 0. The average molecular weight is 456 g/mol. The summed E-state index contributed by atoms with van der Waals surface area (Å²) in [6.07, 6.45) is 0.433. The Bertz CT molecular complexity index is 1140. The minimum absolute atomic E-state index is 0.254. The first kappa shape index (κ1) is 24.2. The van der Waals surface area contributed by atoms with Gasteiger partial charge in [0.1, 0.15) is 6.42 Å². The zero-order chi connectivity index (χ0) is 24.2. The van der Waals surface area contributed by atoms with E-state index in [1.165, 1.54) is 24.3 Å². The Morgan fingerprint density at radius 1 is 0.853 bits per heavy atom. The van der Waals surface area contributed by atoms with E-state index in [4.69, 9.17) is 10.00 Å². The fraction of sp³-hybridized carbons (Fsp3) is 0.185. The summed E-state index contributed by atoms with van der Waals surface area (Å²) in [5, 5.41) is 11.1. The molecule has 3 rings (SSSR count). The van der Waals surface area contributed by atoms with Crippen LogP contribution in [0.2, 0.25) is 0 Å². The fourth-order valence-electron chi connectivity index (χ4n) is 3.27. The van der Waals surface area contributed by atoms with Crippen LogP contribution in [0.4, 0.5) is 5.69 Å². The Morgan fingerprint density at radius 2 is 1.47 bits per heavy atom. The molecule has 0 aromatic heterocycles.